The van der Waals surface area contributed by atoms with Gasteiger partial charge in [-0.15, -0.1) is 11.3 Å². The highest BCUT2D eigenvalue weighted by molar-refractivity contribution is 7.23. The molecule has 59 heavy (non-hydrogen) atoms. The fourth-order valence-corrected chi connectivity index (χ4v) is 9.42. The summed E-state index contributed by atoms with van der Waals surface area (Å²) in [5.41, 5.74) is -0.527. The molecule has 0 spiro atoms. The quantitative estimate of drug-likeness (QED) is 0.200. The van der Waals surface area contributed by atoms with Crippen LogP contribution in [0.25, 0.3) is 32.2 Å². The Morgan fingerprint density at radius 2 is 1.68 bits per heavy atom. The molecule has 7 heterocycles. The van der Waals surface area contributed by atoms with Crippen LogP contribution in [0.1, 0.15) is 78.0 Å². The molecule has 0 radical (unpaired) electrons. The second kappa shape index (κ2) is 15.6. The van der Waals surface area contributed by atoms with E-state index in [0.29, 0.717) is 48.6 Å². The summed E-state index contributed by atoms with van der Waals surface area (Å²) >= 11 is 0.834. The van der Waals surface area contributed by atoms with Gasteiger partial charge in [-0.1, -0.05) is 0 Å². The number of thiophene rings is 1. The normalized spacial score (nSPS) is 20.1. The van der Waals surface area contributed by atoms with Gasteiger partial charge in [-0.3, -0.25) is 15.2 Å². The molecule has 3 aromatic heterocycles. The highest BCUT2D eigenvalue weighted by atomic mass is 32.1. The van der Waals surface area contributed by atoms with Crippen LogP contribution in [-0.4, -0.2) is 112 Å². The molecule has 8 rings (SSSR count). The van der Waals surface area contributed by atoms with Crippen molar-refractivity contribution in [3.63, 3.8) is 0 Å². The van der Waals surface area contributed by atoms with Crippen molar-refractivity contribution in [3.05, 3.63) is 34.5 Å². The number of anilines is 2. The first-order valence-corrected chi connectivity index (χ1v) is 20.7. The van der Waals surface area contributed by atoms with Crippen LogP contribution in [0.15, 0.2) is 6.20 Å². The van der Waals surface area contributed by atoms with Crippen molar-refractivity contribution in [2.45, 2.75) is 104 Å². The van der Waals surface area contributed by atoms with E-state index in [0.717, 1.165) is 43.5 Å². The maximum absolute atomic E-state index is 17.8. The van der Waals surface area contributed by atoms with Crippen LogP contribution < -0.4 is 15.0 Å². The number of carbonyl (C=O) groups excluding carboxylic acids is 2. The van der Waals surface area contributed by atoms with E-state index in [1.54, 1.807) is 25.7 Å². The number of nitriles is 1. The van der Waals surface area contributed by atoms with E-state index >= 15 is 8.78 Å². The third-order valence-corrected chi connectivity index (χ3v) is 12.0. The van der Waals surface area contributed by atoms with Crippen LogP contribution in [0.2, 0.25) is 0 Å². The van der Waals surface area contributed by atoms with E-state index in [1.807, 2.05) is 27.7 Å². The highest BCUT2D eigenvalue weighted by Gasteiger charge is 2.45. The standard InChI is InChI=1S/C41H48F2N8O7S/c1-21(49-10-12-54-13-11-49)18-56-37-46-33-30(35(47-37)51-22-8-9-23(51)17-50(16-22)39(53)58-41(5,6)7)26-20-55-19-25(26)28(31(33)43)32-29-24(14-44)36(48-38(52)57-40(2,3)4)59-34(29)27(42)15-45-32/h15,21-23H,8-13,16-20H2,1-7H3,(H,48,52)/t21-,22?,23?/m0/s1. The Kier molecular flexibility index (Phi) is 10.8. The molecule has 18 heteroatoms. The van der Waals surface area contributed by atoms with Crippen LogP contribution in [0.4, 0.5) is 29.2 Å². The Labute approximate surface area is 344 Å². The molecule has 3 atom stereocenters. The average molecular weight is 835 g/mol. The number of hydrogen-bond donors (Lipinski definition) is 1. The number of piperazine rings is 1. The van der Waals surface area contributed by atoms with Crippen molar-refractivity contribution in [2.24, 2.45) is 0 Å². The van der Waals surface area contributed by atoms with Gasteiger partial charge in [-0.05, 0) is 72.4 Å². The number of benzene rings is 1. The third kappa shape index (κ3) is 7.93. The summed E-state index contributed by atoms with van der Waals surface area (Å²) in [4.78, 5) is 46.3. The van der Waals surface area contributed by atoms with Crippen molar-refractivity contribution >= 4 is 55.3 Å². The molecular formula is C41H48F2N8O7S. The molecule has 4 aromatic rings. The van der Waals surface area contributed by atoms with Crippen molar-refractivity contribution in [3.8, 4) is 23.3 Å². The number of halogens is 2. The molecule has 4 aliphatic rings. The molecule has 3 saturated heterocycles. The SMILES string of the molecule is C[C@@H](COc1nc(N2C3CCC2CN(C(=O)OC(C)(C)C)C3)c2c3c(c(-c4ncc(F)c5sc(NC(=O)OC(C)(C)C)c(C#N)c45)c(F)c2n1)COC3)N1CCOCC1. The minimum atomic E-state index is -0.838. The number of fused-ring (bicyclic) bond motifs is 6. The van der Waals surface area contributed by atoms with Gasteiger partial charge in [0.1, 0.15) is 40.2 Å². The van der Waals surface area contributed by atoms with E-state index in [1.165, 1.54) is 0 Å². The lowest BCUT2D eigenvalue weighted by atomic mass is 9.93. The monoisotopic (exact) mass is 834 g/mol. The number of nitrogens with one attached hydrogen (secondary N) is 1. The first-order valence-electron chi connectivity index (χ1n) is 19.9. The van der Waals surface area contributed by atoms with Crippen LogP contribution in [0.3, 0.4) is 0 Å². The lowest BCUT2D eigenvalue weighted by Gasteiger charge is -2.42. The summed E-state index contributed by atoms with van der Waals surface area (Å²) in [5, 5.41) is 13.5. The largest absolute Gasteiger partial charge is 0.462 e. The maximum atomic E-state index is 17.8. The van der Waals surface area contributed by atoms with Crippen molar-refractivity contribution < 1.29 is 42.1 Å². The van der Waals surface area contributed by atoms with Crippen LogP contribution in [0.5, 0.6) is 6.01 Å². The minimum absolute atomic E-state index is 0.00114. The number of hydrogen-bond acceptors (Lipinski definition) is 14. The summed E-state index contributed by atoms with van der Waals surface area (Å²) < 4.78 is 62.4. The topological polar surface area (TPSA) is 164 Å². The number of nitrogens with zero attached hydrogens (tertiary/aromatic N) is 7. The Morgan fingerprint density at radius 3 is 2.34 bits per heavy atom. The zero-order valence-electron chi connectivity index (χ0n) is 34.2. The summed E-state index contributed by atoms with van der Waals surface area (Å²) in [5.74, 6) is -1.04. The number of carbonyl (C=O) groups is 2. The zero-order valence-corrected chi connectivity index (χ0v) is 35.1. The van der Waals surface area contributed by atoms with Crippen molar-refractivity contribution in [1.82, 2.24) is 24.8 Å². The molecule has 4 aliphatic heterocycles. The summed E-state index contributed by atoms with van der Waals surface area (Å²) in [6, 6.07) is 1.73. The van der Waals surface area contributed by atoms with E-state index < -0.39 is 28.9 Å². The van der Waals surface area contributed by atoms with Gasteiger partial charge in [-0.25, -0.2) is 18.4 Å². The number of rotatable bonds is 7. The molecule has 3 fully saturated rings. The fourth-order valence-electron chi connectivity index (χ4n) is 8.38. The van der Waals surface area contributed by atoms with Crippen LogP contribution >= 0.6 is 11.3 Å². The molecule has 2 bridgehead atoms. The molecule has 15 nitrogen and oxygen atoms in total. The average Bonchev–Trinajstić information content (AvgIpc) is 3.87. The third-order valence-electron chi connectivity index (χ3n) is 10.9. The molecule has 0 saturated carbocycles. The fraction of sp³-hybridized carbons (Fsp3) is 0.561. The molecule has 1 N–H and O–H groups in total. The molecule has 2 unspecified atom stereocenters. The summed E-state index contributed by atoms with van der Waals surface area (Å²) in [7, 11) is 0. The number of aromatic nitrogens is 3. The Balaban J connectivity index is 1.27. The Bertz CT molecular complexity index is 2350. The Morgan fingerprint density at radius 1 is 1.00 bits per heavy atom. The van der Waals surface area contributed by atoms with Gasteiger partial charge < -0.3 is 33.5 Å². The highest BCUT2D eigenvalue weighted by Crippen LogP contribution is 2.48. The molecular weight excluding hydrogens is 787 g/mol. The van der Waals surface area contributed by atoms with Crippen molar-refractivity contribution in [1.29, 1.82) is 5.26 Å². The van der Waals surface area contributed by atoms with Gasteiger partial charge >= 0.3 is 18.2 Å². The number of morpholine rings is 1. The summed E-state index contributed by atoms with van der Waals surface area (Å²) in [6.45, 7) is 16.4. The predicted octanol–water partition coefficient (Wildman–Crippen LogP) is 7.12. The van der Waals surface area contributed by atoms with Crippen LogP contribution in [0, 0.1) is 23.0 Å². The second-order valence-corrected chi connectivity index (χ2v) is 18.4. The van der Waals surface area contributed by atoms with Gasteiger partial charge in [0.2, 0.25) is 0 Å². The Hall–Kier alpha value is -4.96. The first kappa shape index (κ1) is 40.8. The lowest BCUT2D eigenvalue weighted by Crippen LogP contribution is -2.56. The van der Waals surface area contributed by atoms with E-state index in [9.17, 15) is 14.9 Å². The number of pyridine rings is 1. The van der Waals surface area contributed by atoms with E-state index in [2.05, 4.69) is 26.2 Å². The second-order valence-electron chi connectivity index (χ2n) is 17.4. The van der Waals surface area contributed by atoms with Crippen LogP contribution in [-0.2, 0) is 32.2 Å². The predicted molar refractivity (Wildman–Crippen MR) is 216 cm³/mol. The molecule has 314 valence electrons. The molecule has 2 amide bonds. The van der Waals surface area contributed by atoms with E-state index in [-0.39, 0.29) is 87.5 Å². The number of amides is 2. The number of likely N-dealkylation sites (tertiary alicyclic amines) is 1. The molecule has 0 aliphatic carbocycles. The minimum Gasteiger partial charge on any atom is -0.462 e. The zero-order chi connectivity index (χ0) is 42.0. The van der Waals surface area contributed by atoms with Gasteiger partial charge in [0.05, 0.1) is 54.0 Å². The molecule has 1 aromatic carbocycles. The van der Waals surface area contributed by atoms with Gasteiger partial charge in [0.25, 0.3) is 0 Å². The summed E-state index contributed by atoms with van der Waals surface area (Å²) in [6.07, 6.45) is 1.30. The van der Waals surface area contributed by atoms with Gasteiger partial charge in [-0.2, -0.15) is 15.2 Å². The first-order chi connectivity index (χ1) is 28.0. The van der Waals surface area contributed by atoms with Crippen molar-refractivity contribution in [2.75, 3.05) is 56.2 Å². The van der Waals surface area contributed by atoms with Gasteiger partial charge in [0.15, 0.2) is 11.6 Å². The maximum Gasteiger partial charge on any atom is 0.412 e. The lowest BCUT2D eigenvalue weighted by molar-refractivity contribution is 0.00972. The van der Waals surface area contributed by atoms with E-state index in [4.69, 9.17) is 33.7 Å². The smallest absolute Gasteiger partial charge is 0.412 e. The van der Waals surface area contributed by atoms with Gasteiger partial charge in [0, 0.05) is 55.3 Å². The number of ether oxygens (including phenoxy) is 5.